The lowest BCUT2D eigenvalue weighted by Crippen LogP contribution is -2.01. The van der Waals surface area contributed by atoms with E-state index in [9.17, 15) is 0 Å². The van der Waals surface area contributed by atoms with Crippen molar-refractivity contribution in [3.05, 3.63) is 48.0 Å². The molecule has 0 amide bonds. The molecular formula is C15H17NO3. The van der Waals surface area contributed by atoms with Gasteiger partial charge in [0.15, 0.2) is 0 Å². The molecule has 0 atom stereocenters. The van der Waals surface area contributed by atoms with Gasteiger partial charge in [-0.3, -0.25) is 0 Å². The molecule has 2 aromatic carbocycles. The van der Waals surface area contributed by atoms with Gasteiger partial charge in [-0.15, -0.1) is 0 Å². The summed E-state index contributed by atoms with van der Waals surface area (Å²) < 4.78 is 16.2. The van der Waals surface area contributed by atoms with E-state index in [4.69, 9.17) is 19.9 Å². The Morgan fingerprint density at radius 3 is 2.42 bits per heavy atom. The number of nitrogens with two attached hydrogens (primary N) is 1. The van der Waals surface area contributed by atoms with Crippen LogP contribution < -0.4 is 19.9 Å². The van der Waals surface area contributed by atoms with Crippen LogP contribution in [0.2, 0.25) is 0 Å². The molecule has 2 N–H and O–H groups in total. The van der Waals surface area contributed by atoms with Crippen LogP contribution in [0.15, 0.2) is 42.5 Å². The van der Waals surface area contributed by atoms with Gasteiger partial charge in [-0.25, -0.2) is 0 Å². The lowest BCUT2D eigenvalue weighted by atomic mass is 10.2. The Morgan fingerprint density at radius 2 is 1.74 bits per heavy atom. The van der Waals surface area contributed by atoms with Crippen LogP contribution in [0, 0.1) is 0 Å². The smallest absolute Gasteiger partial charge is 0.142 e. The Kier molecular flexibility index (Phi) is 4.13. The van der Waals surface area contributed by atoms with E-state index in [0.717, 1.165) is 17.1 Å². The number of para-hydroxylation sites is 2. The number of hydrogen-bond donors (Lipinski definition) is 1. The molecule has 0 bridgehead atoms. The number of benzene rings is 2. The van der Waals surface area contributed by atoms with Crippen molar-refractivity contribution < 1.29 is 14.2 Å². The molecule has 100 valence electrons. The SMILES string of the molecule is COc1ccc(COc2ccccc2N)c(OC)c1. The molecule has 0 unspecified atom stereocenters. The van der Waals surface area contributed by atoms with E-state index in [1.54, 1.807) is 20.3 Å². The zero-order valence-electron chi connectivity index (χ0n) is 11.1. The molecule has 19 heavy (non-hydrogen) atoms. The highest BCUT2D eigenvalue weighted by Crippen LogP contribution is 2.27. The Hall–Kier alpha value is -2.36. The summed E-state index contributed by atoms with van der Waals surface area (Å²) >= 11 is 0. The molecule has 0 fully saturated rings. The second-order valence-electron chi connectivity index (χ2n) is 4.00. The van der Waals surface area contributed by atoms with Crippen LogP contribution in [-0.4, -0.2) is 14.2 Å². The van der Waals surface area contributed by atoms with Crippen molar-refractivity contribution in [2.24, 2.45) is 0 Å². The Bertz CT molecular complexity index is 555. The topological polar surface area (TPSA) is 53.7 Å². The van der Waals surface area contributed by atoms with Crippen molar-refractivity contribution in [1.82, 2.24) is 0 Å². The molecular weight excluding hydrogens is 242 g/mol. The minimum absolute atomic E-state index is 0.390. The number of ether oxygens (including phenoxy) is 3. The first kappa shape index (κ1) is 13.1. The highest BCUT2D eigenvalue weighted by Gasteiger charge is 2.06. The third-order valence-electron chi connectivity index (χ3n) is 2.80. The van der Waals surface area contributed by atoms with Crippen molar-refractivity contribution in [2.45, 2.75) is 6.61 Å². The second kappa shape index (κ2) is 6.00. The fourth-order valence-corrected chi connectivity index (χ4v) is 1.74. The van der Waals surface area contributed by atoms with Gasteiger partial charge in [0.25, 0.3) is 0 Å². The molecule has 4 heteroatoms. The van der Waals surface area contributed by atoms with Gasteiger partial charge in [-0.1, -0.05) is 12.1 Å². The summed E-state index contributed by atoms with van der Waals surface area (Å²) in [6.45, 7) is 0.390. The van der Waals surface area contributed by atoms with E-state index in [-0.39, 0.29) is 0 Å². The average Bonchev–Trinajstić information content (AvgIpc) is 2.46. The van der Waals surface area contributed by atoms with Crippen LogP contribution >= 0.6 is 0 Å². The molecule has 0 heterocycles. The summed E-state index contributed by atoms with van der Waals surface area (Å²) in [5, 5.41) is 0. The van der Waals surface area contributed by atoms with E-state index in [1.165, 1.54) is 0 Å². The average molecular weight is 259 g/mol. The second-order valence-corrected chi connectivity index (χ2v) is 4.00. The van der Waals surface area contributed by atoms with E-state index in [1.807, 2.05) is 36.4 Å². The molecule has 2 aromatic rings. The summed E-state index contributed by atoms with van der Waals surface area (Å²) in [6.07, 6.45) is 0. The zero-order chi connectivity index (χ0) is 13.7. The first-order valence-electron chi connectivity index (χ1n) is 5.93. The van der Waals surface area contributed by atoms with E-state index < -0.39 is 0 Å². The minimum atomic E-state index is 0.390. The van der Waals surface area contributed by atoms with Gasteiger partial charge in [0.05, 0.1) is 19.9 Å². The van der Waals surface area contributed by atoms with Crippen molar-refractivity contribution in [2.75, 3.05) is 20.0 Å². The van der Waals surface area contributed by atoms with E-state index >= 15 is 0 Å². The lowest BCUT2D eigenvalue weighted by Gasteiger charge is -2.12. The van der Waals surface area contributed by atoms with Crippen molar-refractivity contribution in [1.29, 1.82) is 0 Å². The maximum absolute atomic E-state index is 5.82. The molecule has 0 aliphatic rings. The number of hydrogen-bond acceptors (Lipinski definition) is 4. The maximum atomic E-state index is 5.82. The number of anilines is 1. The van der Waals surface area contributed by atoms with Crippen LogP contribution in [0.1, 0.15) is 5.56 Å². The van der Waals surface area contributed by atoms with E-state index in [2.05, 4.69) is 0 Å². The van der Waals surface area contributed by atoms with Crippen LogP contribution in [0.4, 0.5) is 5.69 Å². The molecule has 2 rings (SSSR count). The fraction of sp³-hybridized carbons (Fsp3) is 0.200. The summed E-state index contributed by atoms with van der Waals surface area (Å²) in [5.74, 6) is 2.15. The van der Waals surface area contributed by atoms with Gasteiger partial charge >= 0.3 is 0 Å². The van der Waals surface area contributed by atoms with Crippen molar-refractivity contribution in [3.8, 4) is 17.2 Å². The van der Waals surface area contributed by atoms with Crippen LogP contribution in [0.5, 0.6) is 17.2 Å². The first-order chi connectivity index (χ1) is 9.24. The fourth-order valence-electron chi connectivity index (χ4n) is 1.74. The Labute approximate surface area is 112 Å². The number of nitrogen functional groups attached to an aromatic ring is 1. The van der Waals surface area contributed by atoms with Gasteiger partial charge in [0.1, 0.15) is 23.9 Å². The molecule has 0 radical (unpaired) electrons. The third kappa shape index (κ3) is 3.10. The summed E-state index contributed by atoms with van der Waals surface area (Å²) in [7, 11) is 3.24. The highest BCUT2D eigenvalue weighted by molar-refractivity contribution is 5.52. The van der Waals surface area contributed by atoms with Gasteiger partial charge in [-0.2, -0.15) is 0 Å². The number of methoxy groups -OCH3 is 2. The highest BCUT2D eigenvalue weighted by atomic mass is 16.5. The molecule has 0 saturated carbocycles. The van der Waals surface area contributed by atoms with Gasteiger partial charge in [-0.05, 0) is 24.3 Å². The van der Waals surface area contributed by atoms with Crippen LogP contribution in [-0.2, 0) is 6.61 Å². The van der Waals surface area contributed by atoms with Crippen LogP contribution in [0.25, 0.3) is 0 Å². The third-order valence-corrected chi connectivity index (χ3v) is 2.80. The predicted octanol–water partition coefficient (Wildman–Crippen LogP) is 2.87. The minimum Gasteiger partial charge on any atom is -0.497 e. The normalized spacial score (nSPS) is 10.0. The largest absolute Gasteiger partial charge is 0.497 e. The molecule has 0 aromatic heterocycles. The Balaban J connectivity index is 2.13. The lowest BCUT2D eigenvalue weighted by molar-refractivity contribution is 0.297. The van der Waals surface area contributed by atoms with Crippen LogP contribution in [0.3, 0.4) is 0 Å². The molecule has 0 saturated heterocycles. The maximum Gasteiger partial charge on any atom is 0.142 e. The zero-order valence-corrected chi connectivity index (χ0v) is 11.1. The Morgan fingerprint density at radius 1 is 0.947 bits per heavy atom. The first-order valence-corrected chi connectivity index (χ1v) is 5.93. The van der Waals surface area contributed by atoms with Gasteiger partial charge in [0, 0.05) is 11.6 Å². The number of rotatable bonds is 5. The summed E-state index contributed by atoms with van der Waals surface area (Å²) in [5.41, 5.74) is 7.38. The summed E-state index contributed by atoms with van der Waals surface area (Å²) in [4.78, 5) is 0. The van der Waals surface area contributed by atoms with Gasteiger partial charge < -0.3 is 19.9 Å². The predicted molar refractivity (Wildman–Crippen MR) is 74.7 cm³/mol. The quantitative estimate of drug-likeness (QED) is 0.839. The standard InChI is InChI=1S/C15H17NO3/c1-17-12-8-7-11(15(9-12)18-2)10-19-14-6-4-3-5-13(14)16/h3-9H,10,16H2,1-2H3. The summed E-state index contributed by atoms with van der Waals surface area (Å²) in [6, 6.07) is 13.0. The molecule has 0 aliphatic carbocycles. The van der Waals surface area contributed by atoms with E-state index in [0.29, 0.717) is 18.0 Å². The molecule has 4 nitrogen and oxygen atoms in total. The molecule has 0 spiro atoms. The van der Waals surface area contributed by atoms with Crippen molar-refractivity contribution >= 4 is 5.69 Å². The van der Waals surface area contributed by atoms with Gasteiger partial charge in [0.2, 0.25) is 0 Å². The molecule has 0 aliphatic heterocycles. The monoisotopic (exact) mass is 259 g/mol. The van der Waals surface area contributed by atoms with Crippen molar-refractivity contribution in [3.63, 3.8) is 0 Å².